The fourth-order valence-corrected chi connectivity index (χ4v) is 3.63. The molecule has 0 aromatic carbocycles. The Labute approximate surface area is 111 Å². The molecule has 0 aromatic heterocycles. The molecule has 1 rings (SSSR count). The lowest BCUT2D eigenvalue weighted by Gasteiger charge is -2.38. The molecule has 0 aliphatic carbocycles. The quantitative estimate of drug-likeness (QED) is 0.829. The first-order valence-electron chi connectivity index (χ1n) is 5.74. The molecule has 2 atom stereocenters. The van der Waals surface area contributed by atoms with E-state index in [0.29, 0.717) is 13.1 Å². The van der Waals surface area contributed by atoms with Crippen molar-refractivity contribution in [1.82, 2.24) is 13.9 Å². The van der Waals surface area contributed by atoms with Crippen LogP contribution in [0.25, 0.3) is 0 Å². The Bertz CT molecular complexity index is 324. The maximum atomic E-state index is 12.2. The van der Waals surface area contributed by atoms with E-state index in [9.17, 15) is 8.42 Å². The van der Waals surface area contributed by atoms with Gasteiger partial charge in [0, 0.05) is 38.3 Å². The first-order chi connectivity index (χ1) is 7.25. The average molecular weight is 286 g/mol. The molecule has 5 nitrogen and oxygen atoms in total. The molecular formula is C10H24ClN3O2S. The maximum absolute atomic E-state index is 12.2. The standard InChI is InChI=1S/C10H23N3O2S.ClH/c1-8(2)12(5)16(14,15)13-6-9(3)11-10(4)7-13;/h8-11H,6-7H2,1-5H3;1H. The summed E-state index contributed by atoms with van der Waals surface area (Å²) in [6.07, 6.45) is 0. The Morgan fingerprint density at radius 3 is 2.00 bits per heavy atom. The molecule has 1 aliphatic heterocycles. The number of hydrogen-bond acceptors (Lipinski definition) is 3. The number of nitrogens with one attached hydrogen (secondary N) is 1. The Morgan fingerprint density at radius 1 is 1.24 bits per heavy atom. The largest absolute Gasteiger partial charge is 0.309 e. The lowest BCUT2D eigenvalue weighted by Crippen LogP contribution is -2.58. The summed E-state index contributed by atoms with van der Waals surface area (Å²) >= 11 is 0. The van der Waals surface area contributed by atoms with E-state index >= 15 is 0 Å². The highest BCUT2D eigenvalue weighted by Gasteiger charge is 2.33. The van der Waals surface area contributed by atoms with Crippen LogP contribution in [-0.2, 0) is 10.2 Å². The van der Waals surface area contributed by atoms with E-state index in [0.717, 1.165) is 0 Å². The molecule has 2 unspecified atom stereocenters. The Hall–Kier alpha value is 0.120. The van der Waals surface area contributed by atoms with E-state index < -0.39 is 10.2 Å². The van der Waals surface area contributed by atoms with E-state index in [1.54, 1.807) is 11.4 Å². The predicted octanol–water partition coefficient (Wildman–Crippen LogP) is 0.675. The summed E-state index contributed by atoms with van der Waals surface area (Å²) in [5.41, 5.74) is 0. The van der Waals surface area contributed by atoms with Crippen LogP contribution in [-0.4, -0.2) is 55.3 Å². The molecule has 17 heavy (non-hydrogen) atoms. The minimum Gasteiger partial charge on any atom is -0.309 e. The molecule has 104 valence electrons. The van der Waals surface area contributed by atoms with Crippen molar-refractivity contribution in [2.24, 2.45) is 0 Å². The zero-order chi connectivity index (χ0) is 12.5. The van der Waals surface area contributed by atoms with Crippen LogP contribution in [0.4, 0.5) is 0 Å². The molecule has 0 spiro atoms. The lowest BCUT2D eigenvalue weighted by atomic mass is 10.2. The van der Waals surface area contributed by atoms with Gasteiger partial charge in [-0.25, -0.2) is 0 Å². The molecule has 1 saturated heterocycles. The Kier molecular flexibility index (Phi) is 6.38. The zero-order valence-corrected chi connectivity index (χ0v) is 12.8. The van der Waals surface area contributed by atoms with Gasteiger partial charge in [-0.3, -0.25) is 0 Å². The van der Waals surface area contributed by atoms with Gasteiger partial charge in [-0.15, -0.1) is 12.4 Å². The third kappa shape index (κ3) is 4.06. The fourth-order valence-electron chi connectivity index (χ4n) is 1.91. The van der Waals surface area contributed by atoms with Gasteiger partial charge in [-0.1, -0.05) is 0 Å². The first-order valence-corrected chi connectivity index (χ1v) is 7.14. The number of halogens is 1. The number of hydrogen-bond donors (Lipinski definition) is 1. The minimum atomic E-state index is -3.30. The van der Waals surface area contributed by atoms with E-state index in [4.69, 9.17) is 0 Å². The van der Waals surface area contributed by atoms with Crippen LogP contribution >= 0.6 is 12.4 Å². The van der Waals surface area contributed by atoms with Crippen LogP contribution < -0.4 is 5.32 Å². The van der Waals surface area contributed by atoms with Crippen molar-refractivity contribution in [2.75, 3.05) is 20.1 Å². The summed E-state index contributed by atoms with van der Waals surface area (Å²) in [5.74, 6) is 0. The monoisotopic (exact) mass is 285 g/mol. The molecule has 0 aromatic rings. The summed E-state index contributed by atoms with van der Waals surface area (Å²) in [4.78, 5) is 0. The Morgan fingerprint density at radius 2 is 1.65 bits per heavy atom. The van der Waals surface area contributed by atoms with Gasteiger partial charge in [-0.2, -0.15) is 17.0 Å². The van der Waals surface area contributed by atoms with Crippen LogP contribution in [0.5, 0.6) is 0 Å². The highest BCUT2D eigenvalue weighted by atomic mass is 35.5. The highest BCUT2D eigenvalue weighted by Crippen LogP contribution is 2.14. The SMILES string of the molecule is CC1CN(S(=O)(=O)N(C)C(C)C)CC(C)N1.Cl. The molecular weight excluding hydrogens is 262 g/mol. The van der Waals surface area contributed by atoms with Crippen molar-refractivity contribution in [3.05, 3.63) is 0 Å². The Balaban J connectivity index is 0.00000256. The minimum absolute atomic E-state index is 0. The van der Waals surface area contributed by atoms with Crippen molar-refractivity contribution < 1.29 is 8.42 Å². The summed E-state index contributed by atoms with van der Waals surface area (Å²) in [5, 5.41) is 3.32. The predicted molar refractivity (Wildman–Crippen MR) is 72.7 cm³/mol. The second kappa shape index (κ2) is 6.33. The van der Waals surface area contributed by atoms with Gasteiger partial charge < -0.3 is 5.32 Å². The van der Waals surface area contributed by atoms with Crippen LogP contribution in [0, 0.1) is 0 Å². The van der Waals surface area contributed by atoms with E-state index in [2.05, 4.69) is 5.32 Å². The summed E-state index contributed by atoms with van der Waals surface area (Å²) in [6, 6.07) is 0.406. The summed E-state index contributed by atoms with van der Waals surface area (Å²) < 4.78 is 27.5. The highest BCUT2D eigenvalue weighted by molar-refractivity contribution is 7.86. The molecule has 0 radical (unpaired) electrons. The van der Waals surface area contributed by atoms with Crippen LogP contribution in [0.1, 0.15) is 27.7 Å². The van der Waals surface area contributed by atoms with Crippen molar-refractivity contribution in [1.29, 1.82) is 0 Å². The molecule has 1 N–H and O–H groups in total. The topological polar surface area (TPSA) is 52.7 Å². The van der Waals surface area contributed by atoms with Gasteiger partial charge >= 0.3 is 0 Å². The maximum Gasteiger partial charge on any atom is 0.282 e. The molecule has 7 heteroatoms. The summed E-state index contributed by atoms with van der Waals surface area (Å²) in [6.45, 7) is 8.87. The summed E-state index contributed by atoms with van der Waals surface area (Å²) in [7, 11) is -1.66. The van der Waals surface area contributed by atoms with Crippen LogP contribution in [0.15, 0.2) is 0 Å². The second-order valence-corrected chi connectivity index (χ2v) is 6.89. The van der Waals surface area contributed by atoms with Gasteiger partial charge in [0.15, 0.2) is 0 Å². The second-order valence-electron chi connectivity index (χ2n) is 4.90. The third-order valence-electron chi connectivity index (χ3n) is 2.94. The number of rotatable bonds is 3. The van der Waals surface area contributed by atoms with Gasteiger partial charge in [0.2, 0.25) is 0 Å². The van der Waals surface area contributed by atoms with Crippen molar-refractivity contribution in [3.63, 3.8) is 0 Å². The van der Waals surface area contributed by atoms with Crippen molar-refractivity contribution >= 4 is 22.6 Å². The lowest BCUT2D eigenvalue weighted by molar-refractivity contribution is 0.243. The normalized spacial score (nSPS) is 27.2. The molecule has 0 saturated carbocycles. The average Bonchev–Trinajstić information content (AvgIpc) is 2.14. The number of nitrogens with zero attached hydrogens (tertiary/aromatic N) is 2. The smallest absolute Gasteiger partial charge is 0.282 e. The van der Waals surface area contributed by atoms with E-state index in [1.165, 1.54) is 4.31 Å². The van der Waals surface area contributed by atoms with Gasteiger partial charge in [-0.05, 0) is 27.7 Å². The molecule has 0 bridgehead atoms. The van der Waals surface area contributed by atoms with Crippen LogP contribution in [0.2, 0.25) is 0 Å². The van der Waals surface area contributed by atoms with Gasteiger partial charge in [0.1, 0.15) is 0 Å². The molecule has 1 heterocycles. The van der Waals surface area contributed by atoms with Gasteiger partial charge in [0.25, 0.3) is 10.2 Å². The van der Waals surface area contributed by atoms with E-state index in [1.807, 2.05) is 27.7 Å². The molecule has 1 aliphatic rings. The number of piperazine rings is 1. The van der Waals surface area contributed by atoms with E-state index in [-0.39, 0.29) is 30.5 Å². The van der Waals surface area contributed by atoms with Gasteiger partial charge in [0.05, 0.1) is 0 Å². The van der Waals surface area contributed by atoms with Crippen LogP contribution in [0.3, 0.4) is 0 Å². The molecule has 1 fully saturated rings. The zero-order valence-electron chi connectivity index (χ0n) is 11.2. The van der Waals surface area contributed by atoms with Crippen molar-refractivity contribution in [2.45, 2.75) is 45.8 Å². The molecule has 0 amide bonds. The first kappa shape index (κ1) is 17.1. The fraction of sp³-hybridized carbons (Fsp3) is 1.00. The third-order valence-corrected chi connectivity index (χ3v) is 5.04. The van der Waals surface area contributed by atoms with Crippen molar-refractivity contribution in [3.8, 4) is 0 Å².